The zero-order valence-electron chi connectivity index (χ0n) is 22.4. The minimum Gasteiger partial charge on any atom is -0.367 e. The molecule has 1 aliphatic rings. The second-order valence-corrected chi connectivity index (χ2v) is 10.1. The summed E-state index contributed by atoms with van der Waals surface area (Å²) in [7, 11) is 0. The van der Waals surface area contributed by atoms with Gasteiger partial charge < -0.3 is 5.32 Å². The maximum absolute atomic E-state index is 9.07. The Kier molecular flexibility index (Phi) is 6.31. The lowest BCUT2D eigenvalue weighted by molar-refractivity contribution is 0.629. The van der Waals surface area contributed by atoms with Gasteiger partial charge in [-0.25, -0.2) is 0 Å². The summed E-state index contributed by atoms with van der Waals surface area (Å²) < 4.78 is 0. The highest BCUT2D eigenvalue weighted by molar-refractivity contribution is 6.13. The van der Waals surface area contributed by atoms with Gasteiger partial charge in [-0.15, -0.1) is 0 Å². The second-order valence-electron chi connectivity index (χ2n) is 10.1. The predicted octanol–water partition coefficient (Wildman–Crippen LogP) is 8.74. The van der Waals surface area contributed by atoms with Crippen molar-refractivity contribution in [2.75, 3.05) is 0 Å². The van der Waals surface area contributed by atoms with Crippen LogP contribution in [-0.4, -0.2) is 11.9 Å². The first-order valence-electron chi connectivity index (χ1n) is 13.3. The molecule has 188 valence electrons. The van der Waals surface area contributed by atoms with Crippen LogP contribution in [0.25, 0.3) is 44.2 Å². The van der Waals surface area contributed by atoms with E-state index in [0.29, 0.717) is 5.56 Å². The van der Waals surface area contributed by atoms with Crippen molar-refractivity contribution >= 4 is 16.5 Å². The first-order chi connectivity index (χ1) is 19.0. The molecule has 5 aromatic rings. The van der Waals surface area contributed by atoms with E-state index in [1.54, 1.807) is 0 Å². The lowest BCUT2D eigenvalue weighted by atomic mass is 9.90. The number of aliphatic imine (C=N–C) groups is 1. The van der Waals surface area contributed by atoms with Crippen LogP contribution < -0.4 is 5.32 Å². The van der Waals surface area contributed by atoms with Crippen molar-refractivity contribution in [3.8, 4) is 39.4 Å². The van der Waals surface area contributed by atoms with Crippen LogP contribution in [0, 0.1) is 11.3 Å². The molecule has 1 unspecified atom stereocenters. The summed E-state index contributed by atoms with van der Waals surface area (Å²) in [5.74, 6) is 0. The molecule has 0 aliphatic carbocycles. The Bertz CT molecular complexity index is 1780. The highest BCUT2D eigenvalue weighted by Crippen LogP contribution is 2.36. The predicted molar refractivity (Wildman–Crippen MR) is 162 cm³/mol. The molecule has 1 N–H and O–H groups in total. The van der Waals surface area contributed by atoms with Gasteiger partial charge in [0, 0.05) is 11.3 Å². The Hall–Kier alpha value is -4.94. The molecule has 0 aromatic heterocycles. The molecule has 39 heavy (non-hydrogen) atoms. The Morgan fingerprint density at radius 2 is 1.08 bits per heavy atom. The number of nitriles is 1. The summed E-state index contributed by atoms with van der Waals surface area (Å²) >= 11 is 0. The fraction of sp³-hybridized carbons (Fsp3) is 0.111. The van der Waals surface area contributed by atoms with Crippen LogP contribution in [0.2, 0.25) is 0 Å². The zero-order valence-corrected chi connectivity index (χ0v) is 22.4. The van der Waals surface area contributed by atoms with E-state index in [1.807, 2.05) is 24.3 Å². The minimum absolute atomic E-state index is 0.0815. The van der Waals surface area contributed by atoms with Gasteiger partial charge in [0.15, 0.2) is 0 Å². The van der Waals surface area contributed by atoms with Gasteiger partial charge in [-0.3, -0.25) is 4.99 Å². The van der Waals surface area contributed by atoms with Gasteiger partial charge in [-0.05, 0) is 82.6 Å². The third kappa shape index (κ3) is 4.62. The summed E-state index contributed by atoms with van der Waals surface area (Å²) in [6, 6.07) is 40.5. The molecule has 0 spiro atoms. The van der Waals surface area contributed by atoms with E-state index in [2.05, 4.69) is 117 Å². The number of allylic oxidation sites excluding steroid dienone is 2. The van der Waals surface area contributed by atoms with E-state index in [-0.39, 0.29) is 6.17 Å². The minimum atomic E-state index is 0.0815. The largest absolute Gasteiger partial charge is 0.367 e. The zero-order chi connectivity index (χ0) is 26.9. The number of nitrogens with one attached hydrogen (secondary N) is 1. The molecule has 0 amide bonds. The van der Waals surface area contributed by atoms with Crippen molar-refractivity contribution in [3.63, 3.8) is 0 Å². The molecular weight excluding hydrogens is 474 g/mol. The number of rotatable bonds is 4. The normalized spacial score (nSPS) is 15.0. The molecule has 1 atom stereocenters. The molecule has 3 nitrogen and oxygen atoms in total. The van der Waals surface area contributed by atoms with Gasteiger partial charge in [0.25, 0.3) is 0 Å². The Balaban J connectivity index is 1.35. The highest BCUT2D eigenvalue weighted by Gasteiger charge is 2.17. The molecular formula is C36H29N3. The van der Waals surface area contributed by atoms with Gasteiger partial charge in [0.05, 0.1) is 17.3 Å². The van der Waals surface area contributed by atoms with Crippen LogP contribution in [0.4, 0.5) is 0 Å². The number of fused-ring (bicyclic) bond motifs is 1. The van der Waals surface area contributed by atoms with Crippen LogP contribution in [0.1, 0.15) is 31.9 Å². The highest BCUT2D eigenvalue weighted by atomic mass is 15.1. The van der Waals surface area contributed by atoms with E-state index in [9.17, 15) is 0 Å². The topological polar surface area (TPSA) is 48.2 Å². The first kappa shape index (κ1) is 24.4. The summed E-state index contributed by atoms with van der Waals surface area (Å²) in [4.78, 5) is 4.85. The summed E-state index contributed by atoms with van der Waals surface area (Å²) in [6.07, 6.45) is 0.0815. The summed E-state index contributed by atoms with van der Waals surface area (Å²) in [6.45, 7) is 6.33. The van der Waals surface area contributed by atoms with E-state index in [1.165, 1.54) is 44.3 Å². The average molecular weight is 504 g/mol. The standard InChI is InChI=1S/C36H29N3/c1-23-24(2)38-25(3)39-36(23)31-18-16-30(17-19-31)33-21-20-32(34-6-4-5-7-35(33)34)29-14-12-28(13-15-29)27-10-8-26(22-37)9-11-27/h4-21,25,38H,1-3H3. The Labute approximate surface area is 229 Å². The molecule has 0 bridgehead atoms. The van der Waals surface area contributed by atoms with Gasteiger partial charge in [0.2, 0.25) is 0 Å². The number of benzene rings is 5. The van der Waals surface area contributed by atoms with Crippen molar-refractivity contribution in [2.45, 2.75) is 26.9 Å². The van der Waals surface area contributed by atoms with Crippen LogP contribution in [0.5, 0.6) is 0 Å². The van der Waals surface area contributed by atoms with Crippen LogP contribution >= 0.6 is 0 Å². The van der Waals surface area contributed by atoms with Crippen molar-refractivity contribution in [3.05, 3.63) is 132 Å². The van der Waals surface area contributed by atoms with Crippen LogP contribution in [-0.2, 0) is 0 Å². The van der Waals surface area contributed by atoms with Crippen molar-refractivity contribution < 1.29 is 0 Å². The van der Waals surface area contributed by atoms with Crippen molar-refractivity contribution in [2.24, 2.45) is 4.99 Å². The molecule has 3 heteroatoms. The van der Waals surface area contributed by atoms with Crippen molar-refractivity contribution in [1.82, 2.24) is 5.32 Å². The van der Waals surface area contributed by atoms with Gasteiger partial charge in [-0.2, -0.15) is 5.26 Å². The fourth-order valence-electron chi connectivity index (χ4n) is 5.40. The van der Waals surface area contributed by atoms with E-state index in [4.69, 9.17) is 10.3 Å². The van der Waals surface area contributed by atoms with E-state index in [0.717, 1.165) is 22.4 Å². The fourth-order valence-corrected chi connectivity index (χ4v) is 5.40. The van der Waals surface area contributed by atoms with Gasteiger partial charge in [-0.1, -0.05) is 97.1 Å². The van der Waals surface area contributed by atoms with Crippen molar-refractivity contribution in [1.29, 1.82) is 5.26 Å². The Morgan fingerprint density at radius 3 is 1.59 bits per heavy atom. The third-order valence-corrected chi connectivity index (χ3v) is 7.60. The van der Waals surface area contributed by atoms with E-state index >= 15 is 0 Å². The van der Waals surface area contributed by atoms with Gasteiger partial charge in [0.1, 0.15) is 6.17 Å². The SMILES string of the molecule is CC1=C(C)C(c2ccc(-c3ccc(-c4ccc(-c5ccc(C#N)cc5)cc4)c4ccccc34)cc2)=NC(C)N1. The quantitative estimate of drug-likeness (QED) is 0.266. The number of nitrogens with zero attached hydrogens (tertiary/aromatic N) is 2. The molecule has 0 saturated carbocycles. The molecule has 0 saturated heterocycles. The monoisotopic (exact) mass is 503 g/mol. The second kappa shape index (κ2) is 10.1. The summed E-state index contributed by atoms with van der Waals surface area (Å²) in [5.41, 5.74) is 12.3. The maximum Gasteiger partial charge on any atom is 0.116 e. The van der Waals surface area contributed by atoms with Crippen LogP contribution in [0.15, 0.2) is 125 Å². The molecule has 1 aliphatic heterocycles. The summed E-state index contributed by atoms with van der Waals surface area (Å²) in [5, 5.41) is 14.9. The molecule has 6 rings (SSSR count). The third-order valence-electron chi connectivity index (χ3n) is 7.60. The average Bonchev–Trinajstić information content (AvgIpc) is 2.99. The van der Waals surface area contributed by atoms with Gasteiger partial charge >= 0.3 is 0 Å². The maximum atomic E-state index is 9.07. The molecule has 1 heterocycles. The molecule has 5 aromatic carbocycles. The molecule has 0 radical (unpaired) electrons. The molecule has 0 fully saturated rings. The Morgan fingerprint density at radius 1 is 0.615 bits per heavy atom. The lowest BCUT2D eigenvalue weighted by Gasteiger charge is -2.23. The van der Waals surface area contributed by atoms with Crippen LogP contribution in [0.3, 0.4) is 0 Å². The number of hydrogen-bond acceptors (Lipinski definition) is 3. The smallest absolute Gasteiger partial charge is 0.116 e. The lowest BCUT2D eigenvalue weighted by Crippen LogP contribution is -2.30. The first-order valence-corrected chi connectivity index (χ1v) is 13.3. The van der Waals surface area contributed by atoms with E-state index < -0.39 is 0 Å². The number of hydrogen-bond donors (Lipinski definition) is 1.